The Morgan fingerprint density at radius 1 is 0.293 bits per heavy atom. The van der Waals surface area contributed by atoms with Gasteiger partial charge in [-0.3, -0.25) is 4.57 Å². The third kappa shape index (κ3) is 5.07. The fourth-order valence-corrected chi connectivity index (χ4v) is 8.84. The molecule has 0 N–H and O–H groups in total. The molecule has 0 saturated carbocycles. The molecule has 5 heteroatoms. The van der Waals surface area contributed by atoms with E-state index in [0.717, 1.165) is 71.6 Å². The molecule has 270 valence electrons. The predicted molar refractivity (Wildman–Crippen MR) is 240 cm³/mol. The highest BCUT2D eigenvalue weighted by atomic mass is 15.2. The van der Waals surface area contributed by atoms with E-state index in [1.54, 1.807) is 0 Å². The average Bonchev–Trinajstić information content (AvgIpc) is 3.81. The van der Waals surface area contributed by atoms with Crippen molar-refractivity contribution in [3.05, 3.63) is 200 Å². The minimum atomic E-state index is 0.563. The highest BCUT2D eigenvalue weighted by molar-refractivity contribution is 6.18. The van der Waals surface area contributed by atoms with Gasteiger partial charge >= 0.3 is 0 Å². The van der Waals surface area contributed by atoms with Crippen LogP contribution in [0.25, 0.3) is 111 Å². The molecule has 0 saturated heterocycles. The number of para-hydroxylation sites is 2. The van der Waals surface area contributed by atoms with E-state index in [1.807, 2.05) is 6.07 Å². The van der Waals surface area contributed by atoms with Gasteiger partial charge in [0.2, 0.25) is 5.95 Å². The number of hydrogen-bond acceptors (Lipinski definition) is 3. The quantitative estimate of drug-likeness (QED) is 0.177. The highest BCUT2D eigenvalue weighted by Crippen LogP contribution is 2.41. The second-order valence-corrected chi connectivity index (χ2v) is 14.9. The van der Waals surface area contributed by atoms with Gasteiger partial charge in [-0.1, -0.05) is 152 Å². The number of benzene rings is 9. The number of rotatable bonds is 5. The van der Waals surface area contributed by atoms with Crippen LogP contribution in [-0.2, 0) is 0 Å². The van der Waals surface area contributed by atoms with Crippen molar-refractivity contribution in [3.63, 3.8) is 0 Å². The van der Waals surface area contributed by atoms with Crippen LogP contribution in [0.15, 0.2) is 200 Å². The summed E-state index contributed by atoms with van der Waals surface area (Å²) < 4.78 is 4.66. The van der Waals surface area contributed by atoms with Crippen molar-refractivity contribution in [2.45, 2.75) is 0 Å². The first-order chi connectivity index (χ1) is 28.7. The third-order valence-corrected chi connectivity index (χ3v) is 11.5. The molecule has 5 nitrogen and oxygen atoms in total. The Bertz CT molecular complexity index is 3520. The van der Waals surface area contributed by atoms with Gasteiger partial charge in [0, 0.05) is 32.7 Å². The Kier molecular flexibility index (Phi) is 7.16. The van der Waals surface area contributed by atoms with E-state index in [0.29, 0.717) is 17.6 Å². The lowest BCUT2D eigenvalue weighted by molar-refractivity contribution is 0.954. The van der Waals surface area contributed by atoms with E-state index in [4.69, 9.17) is 15.0 Å². The van der Waals surface area contributed by atoms with Crippen LogP contribution in [0.2, 0.25) is 0 Å². The molecule has 0 aliphatic rings. The molecule has 0 bridgehead atoms. The van der Waals surface area contributed by atoms with Gasteiger partial charge in [-0.15, -0.1) is 0 Å². The standard InChI is InChI=1S/C53H33N5/c1-2-14-34(15-3-1)37-20-12-21-40(30-37)51-54-52(41-29-28-35-16-4-5-17-36(35)31-41)56-53(55-51)58-48-27-13-26-47(50(48)44-32-38-18-6-7-19-39(38)33-49(44)58)57-45-24-10-8-22-42(45)43-23-9-11-25-46(43)57/h1-33H. The Morgan fingerprint density at radius 2 is 0.845 bits per heavy atom. The SMILES string of the molecule is c1ccc(-c2cccc(-c3nc(-c4ccc5ccccc5c4)nc(-n4c5cc6ccccc6cc5c5c(-n6c7ccccc7c7ccccc76)cccc54)n3)c2)cc1. The summed E-state index contributed by atoms with van der Waals surface area (Å²) in [4.78, 5) is 16.0. The second kappa shape index (κ2) is 12.8. The van der Waals surface area contributed by atoms with Gasteiger partial charge in [-0.05, 0) is 81.2 Å². The molecule has 12 rings (SSSR count). The summed E-state index contributed by atoms with van der Waals surface area (Å²) in [5, 5.41) is 9.35. The van der Waals surface area contributed by atoms with Crippen LogP contribution in [0.3, 0.4) is 0 Å². The monoisotopic (exact) mass is 739 g/mol. The van der Waals surface area contributed by atoms with E-state index in [2.05, 4.69) is 203 Å². The van der Waals surface area contributed by atoms with E-state index < -0.39 is 0 Å². The van der Waals surface area contributed by atoms with Crippen molar-refractivity contribution < 1.29 is 0 Å². The van der Waals surface area contributed by atoms with Gasteiger partial charge in [0.25, 0.3) is 0 Å². The largest absolute Gasteiger partial charge is 0.309 e. The summed E-state index contributed by atoms with van der Waals surface area (Å²) in [6.07, 6.45) is 0. The molecule has 58 heavy (non-hydrogen) atoms. The molecule has 9 aromatic carbocycles. The first kappa shape index (κ1) is 32.4. The topological polar surface area (TPSA) is 48.5 Å². The molecule has 3 heterocycles. The molecule has 0 unspecified atom stereocenters. The maximum absolute atomic E-state index is 5.38. The van der Waals surface area contributed by atoms with Crippen LogP contribution >= 0.6 is 0 Å². The molecule has 0 aliphatic carbocycles. The van der Waals surface area contributed by atoms with Gasteiger partial charge in [0.1, 0.15) is 0 Å². The lowest BCUT2D eigenvalue weighted by Gasteiger charge is -2.13. The number of fused-ring (bicyclic) bond motifs is 8. The van der Waals surface area contributed by atoms with Gasteiger partial charge in [-0.2, -0.15) is 9.97 Å². The number of hydrogen-bond donors (Lipinski definition) is 0. The van der Waals surface area contributed by atoms with Crippen molar-refractivity contribution in [2.75, 3.05) is 0 Å². The lowest BCUT2D eigenvalue weighted by atomic mass is 10.0. The van der Waals surface area contributed by atoms with E-state index in [9.17, 15) is 0 Å². The normalized spacial score (nSPS) is 11.8. The number of aromatic nitrogens is 5. The smallest absolute Gasteiger partial charge is 0.238 e. The zero-order valence-corrected chi connectivity index (χ0v) is 31.3. The molecule has 0 aliphatic heterocycles. The lowest BCUT2D eigenvalue weighted by Crippen LogP contribution is -2.06. The zero-order chi connectivity index (χ0) is 38.2. The van der Waals surface area contributed by atoms with Gasteiger partial charge in [-0.25, -0.2) is 4.98 Å². The van der Waals surface area contributed by atoms with Crippen LogP contribution in [0.5, 0.6) is 0 Å². The van der Waals surface area contributed by atoms with Crippen LogP contribution in [0.1, 0.15) is 0 Å². The molecular weight excluding hydrogens is 707 g/mol. The Morgan fingerprint density at radius 3 is 1.59 bits per heavy atom. The van der Waals surface area contributed by atoms with Gasteiger partial charge < -0.3 is 4.57 Å². The molecule has 0 atom stereocenters. The molecule has 3 aromatic heterocycles. The van der Waals surface area contributed by atoms with Crippen molar-refractivity contribution in [1.82, 2.24) is 24.1 Å². The fraction of sp³-hybridized carbons (Fsp3) is 0. The summed E-state index contributed by atoms with van der Waals surface area (Å²) >= 11 is 0. The summed E-state index contributed by atoms with van der Waals surface area (Å²) in [6.45, 7) is 0. The average molecular weight is 740 g/mol. The summed E-state index contributed by atoms with van der Waals surface area (Å²) in [5.41, 5.74) is 9.57. The van der Waals surface area contributed by atoms with Crippen molar-refractivity contribution in [1.29, 1.82) is 0 Å². The van der Waals surface area contributed by atoms with E-state index in [1.165, 1.54) is 21.5 Å². The van der Waals surface area contributed by atoms with Crippen molar-refractivity contribution in [2.24, 2.45) is 0 Å². The maximum atomic E-state index is 5.38. The fourth-order valence-electron chi connectivity index (χ4n) is 8.84. The summed E-state index contributed by atoms with van der Waals surface area (Å²) in [6, 6.07) is 71.0. The first-order valence-electron chi connectivity index (χ1n) is 19.6. The molecule has 12 aromatic rings. The highest BCUT2D eigenvalue weighted by Gasteiger charge is 2.23. The van der Waals surface area contributed by atoms with Crippen LogP contribution in [0.4, 0.5) is 0 Å². The van der Waals surface area contributed by atoms with E-state index in [-0.39, 0.29) is 0 Å². The predicted octanol–water partition coefficient (Wildman–Crippen LogP) is 13.4. The maximum Gasteiger partial charge on any atom is 0.238 e. The third-order valence-electron chi connectivity index (χ3n) is 11.5. The molecule has 0 radical (unpaired) electrons. The summed E-state index contributed by atoms with van der Waals surface area (Å²) in [7, 11) is 0. The molecule has 0 amide bonds. The Labute approximate surface area is 333 Å². The van der Waals surface area contributed by atoms with Crippen LogP contribution in [-0.4, -0.2) is 24.1 Å². The van der Waals surface area contributed by atoms with Crippen LogP contribution < -0.4 is 0 Å². The minimum absolute atomic E-state index is 0.563. The number of nitrogens with zero attached hydrogens (tertiary/aromatic N) is 5. The molecule has 0 spiro atoms. The van der Waals surface area contributed by atoms with Gasteiger partial charge in [0.15, 0.2) is 11.6 Å². The summed E-state index contributed by atoms with van der Waals surface area (Å²) in [5.74, 6) is 1.79. The molecular formula is C53H33N5. The zero-order valence-electron chi connectivity index (χ0n) is 31.3. The Balaban J connectivity index is 1.18. The van der Waals surface area contributed by atoms with Crippen LogP contribution in [0, 0.1) is 0 Å². The first-order valence-corrected chi connectivity index (χ1v) is 19.6. The second-order valence-electron chi connectivity index (χ2n) is 14.9. The van der Waals surface area contributed by atoms with E-state index >= 15 is 0 Å². The molecule has 0 fully saturated rings. The van der Waals surface area contributed by atoms with Crippen molar-refractivity contribution >= 4 is 65.2 Å². The van der Waals surface area contributed by atoms with Gasteiger partial charge in [0.05, 0.1) is 27.8 Å². The Hall–Kier alpha value is -7.89. The minimum Gasteiger partial charge on any atom is -0.309 e. The van der Waals surface area contributed by atoms with Crippen molar-refractivity contribution in [3.8, 4) is 45.5 Å².